The lowest BCUT2D eigenvalue weighted by atomic mass is 9.78. The Hall–Kier alpha value is -1.63. The fourth-order valence-corrected chi connectivity index (χ4v) is 2.19. The molecular weight excluding hydrogens is 218 g/mol. The van der Waals surface area contributed by atoms with Crippen molar-refractivity contribution in [3.05, 3.63) is 54.2 Å². The van der Waals surface area contributed by atoms with Gasteiger partial charge in [-0.25, -0.2) is 0 Å². The third kappa shape index (κ3) is 2.45. The Bertz CT molecular complexity index is 481. The van der Waals surface area contributed by atoms with E-state index in [2.05, 4.69) is 50.0 Å². The lowest BCUT2D eigenvalue weighted by molar-refractivity contribution is 0.437. The molecule has 1 aromatic heterocycles. The summed E-state index contributed by atoms with van der Waals surface area (Å²) in [6.07, 6.45) is 4.33. The van der Waals surface area contributed by atoms with E-state index in [0.717, 1.165) is 18.5 Å². The zero-order valence-electron chi connectivity index (χ0n) is 11.5. The number of hydrogen-bond donors (Lipinski definition) is 0. The molecule has 0 aliphatic heterocycles. The van der Waals surface area contributed by atoms with E-state index >= 15 is 0 Å². The van der Waals surface area contributed by atoms with Crippen LogP contribution in [0, 0.1) is 0 Å². The molecule has 1 aromatic carbocycles. The van der Waals surface area contributed by atoms with Gasteiger partial charge in [-0.15, -0.1) is 0 Å². The Morgan fingerprint density at radius 2 is 1.61 bits per heavy atom. The van der Waals surface area contributed by atoms with Crippen molar-refractivity contribution >= 4 is 0 Å². The van der Waals surface area contributed by atoms with Crippen molar-refractivity contribution < 1.29 is 0 Å². The van der Waals surface area contributed by atoms with Gasteiger partial charge in [-0.1, -0.05) is 57.2 Å². The predicted octanol–water partition coefficient (Wildman–Crippen LogP) is 4.83. The summed E-state index contributed by atoms with van der Waals surface area (Å²) in [6, 6.07) is 14.7. The largest absolute Gasteiger partial charge is 0.256 e. The highest BCUT2D eigenvalue weighted by Gasteiger charge is 2.22. The van der Waals surface area contributed by atoms with E-state index in [1.54, 1.807) is 0 Å². The molecule has 0 aliphatic carbocycles. The number of benzene rings is 1. The predicted molar refractivity (Wildman–Crippen MR) is 77.6 cm³/mol. The molecule has 18 heavy (non-hydrogen) atoms. The lowest BCUT2D eigenvalue weighted by Crippen LogP contribution is -2.19. The van der Waals surface area contributed by atoms with Crippen LogP contribution >= 0.6 is 0 Å². The van der Waals surface area contributed by atoms with Gasteiger partial charge >= 0.3 is 0 Å². The normalized spacial score (nSPS) is 11.5. The fraction of sp³-hybridized carbons (Fsp3) is 0.353. The van der Waals surface area contributed by atoms with Crippen LogP contribution < -0.4 is 0 Å². The minimum absolute atomic E-state index is 0.252. The van der Waals surface area contributed by atoms with Crippen LogP contribution in [0.5, 0.6) is 0 Å². The quantitative estimate of drug-likeness (QED) is 0.745. The third-order valence-electron chi connectivity index (χ3n) is 4.09. The molecule has 0 spiro atoms. The molecule has 1 heterocycles. The average molecular weight is 239 g/mol. The summed E-state index contributed by atoms with van der Waals surface area (Å²) in [4.78, 5) is 4.61. The van der Waals surface area contributed by atoms with E-state index in [9.17, 15) is 0 Å². The van der Waals surface area contributed by atoms with Gasteiger partial charge in [-0.3, -0.25) is 4.98 Å². The van der Waals surface area contributed by atoms with Crippen molar-refractivity contribution in [2.45, 2.75) is 39.0 Å². The van der Waals surface area contributed by atoms with Gasteiger partial charge in [0, 0.05) is 11.8 Å². The molecule has 2 aromatic rings. The van der Waals surface area contributed by atoms with Crippen molar-refractivity contribution in [1.82, 2.24) is 4.98 Å². The summed E-state index contributed by atoms with van der Waals surface area (Å²) in [6.45, 7) is 6.80. The van der Waals surface area contributed by atoms with E-state index in [4.69, 9.17) is 0 Å². The summed E-state index contributed by atoms with van der Waals surface area (Å²) in [5, 5.41) is 0. The van der Waals surface area contributed by atoms with Crippen molar-refractivity contribution in [2.24, 2.45) is 0 Å². The van der Waals surface area contributed by atoms with Gasteiger partial charge in [0.1, 0.15) is 0 Å². The molecule has 0 N–H and O–H groups in total. The van der Waals surface area contributed by atoms with E-state index in [0.29, 0.717) is 0 Å². The van der Waals surface area contributed by atoms with Gasteiger partial charge in [-0.2, -0.15) is 0 Å². The molecule has 94 valence electrons. The summed E-state index contributed by atoms with van der Waals surface area (Å²) < 4.78 is 0. The molecule has 2 rings (SSSR count). The molecule has 0 unspecified atom stereocenters. The number of rotatable bonds is 4. The lowest BCUT2D eigenvalue weighted by Gasteiger charge is -2.27. The summed E-state index contributed by atoms with van der Waals surface area (Å²) in [7, 11) is 0. The Morgan fingerprint density at radius 3 is 2.11 bits per heavy atom. The number of hydrogen-bond acceptors (Lipinski definition) is 1. The molecule has 0 radical (unpaired) electrons. The third-order valence-corrected chi connectivity index (χ3v) is 4.09. The minimum Gasteiger partial charge on any atom is -0.256 e. The second-order valence-electron chi connectivity index (χ2n) is 5.07. The summed E-state index contributed by atoms with van der Waals surface area (Å²) in [5.74, 6) is 0. The van der Waals surface area contributed by atoms with Crippen LogP contribution in [0.25, 0.3) is 11.3 Å². The molecule has 1 nitrogen and oxygen atoms in total. The zero-order valence-corrected chi connectivity index (χ0v) is 11.5. The monoisotopic (exact) mass is 239 g/mol. The maximum Gasteiger partial charge on any atom is 0.0702 e. The van der Waals surface area contributed by atoms with Crippen LogP contribution in [0.1, 0.15) is 39.2 Å². The molecule has 0 amide bonds. The second-order valence-corrected chi connectivity index (χ2v) is 5.07. The van der Waals surface area contributed by atoms with Crippen LogP contribution in [0.15, 0.2) is 48.7 Å². The average Bonchev–Trinajstić information content (AvgIpc) is 2.47. The van der Waals surface area contributed by atoms with Crippen LogP contribution in [-0.4, -0.2) is 4.98 Å². The molecule has 0 bridgehead atoms. The SMILES string of the molecule is CCC(C)(CC)c1ccc(-c2ccccc2)nc1. The van der Waals surface area contributed by atoms with Gasteiger partial charge in [-0.05, 0) is 29.9 Å². The maximum atomic E-state index is 4.61. The van der Waals surface area contributed by atoms with Crippen molar-refractivity contribution in [1.29, 1.82) is 0 Å². The first-order chi connectivity index (χ1) is 8.69. The number of pyridine rings is 1. The van der Waals surface area contributed by atoms with Crippen LogP contribution in [0.3, 0.4) is 0 Å². The van der Waals surface area contributed by atoms with E-state index < -0.39 is 0 Å². The Balaban J connectivity index is 2.31. The van der Waals surface area contributed by atoms with E-state index in [1.165, 1.54) is 11.1 Å². The van der Waals surface area contributed by atoms with Gasteiger partial charge in [0.25, 0.3) is 0 Å². The second kappa shape index (κ2) is 5.34. The highest BCUT2D eigenvalue weighted by molar-refractivity contribution is 5.58. The maximum absolute atomic E-state index is 4.61. The van der Waals surface area contributed by atoms with Crippen molar-refractivity contribution in [3.8, 4) is 11.3 Å². The molecule has 0 atom stereocenters. The molecule has 0 saturated carbocycles. The molecule has 0 fully saturated rings. The van der Waals surface area contributed by atoms with Crippen molar-refractivity contribution in [2.75, 3.05) is 0 Å². The van der Waals surface area contributed by atoms with Crippen LogP contribution in [0.2, 0.25) is 0 Å². The van der Waals surface area contributed by atoms with Crippen LogP contribution in [0.4, 0.5) is 0 Å². The van der Waals surface area contributed by atoms with E-state index in [1.807, 2.05) is 24.4 Å². The summed E-state index contributed by atoms with van der Waals surface area (Å²) >= 11 is 0. The first kappa shape index (κ1) is 12.8. The van der Waals surface area contributed by atoms with Gasteiger partial charge in [0.15, 0.2) is 0 Å². The Labute approximate surface area is 110 Å². The van der Waals surface area contributed by atoms with E-state index in [-0.39, 0.29) is 5.41 Å². The van der Waals surface area contributed by atoms with Crippen molar-refractivity contribution in [3.63, 3.8) is 0 Å². The number of aromatic nitrogens is 1. The standard InChI is InChI=1S/C17H21N/c1-4-17(3,5-2)15-11-12-16(18-13-15)14-9-7-6-8-10-14/h6-13H,4-5H2,1-3H3. The molecule has 0 aliphatic rings. The van der Waals surface area contributed by atoms with Gasteiger partial charge in [0.05, 0.1) is 5.69 Å². The molecular formula is C17H21N. The topological polar surface area (TPSA) is 12.9 Å². The Morgan fingerprint density at radius 1 is 0.944 bits per heavy atom. The van der Waals surface area contributed by atoms with Gasteiger partial charge in [0.2, 0.25) is 0 Å². The molecule has 0 saturated heterocycles. The minimum atomic E-state index is 0.252. The first-order valence-corrected chi connectivity index (χ1v) is 6.71. The number of nitrogens with zero attached hydrogens (tertiary/aromatic N) is 1. The van der Waals surface area contributed by atoms with Gasteiger partial charge < -0.3 is 0 Å². The zero-order chi connectivity index (χ0) is 13.0. The Kier molecular flexibility index (Phi) is 3.81. The molecule has 1 heteroatoms. The summed E-state index contributed by atoms with van der Waals surface area (Å²) in [5.41, 5.74) is 3.82. The highest BCUT2D eigenvalue weighted by atomic mass is 14.7. The first-order valence-electron chi connectivity index (χ1n) is 6.71. The van der Waals surface area contributed by atoms with Crippen LogP contribution in [-0.2, 0) is 5.41 Å². The fourth-order valence-electron chi connectivity index (χ4n) is 2.19. The highest BCUT2D eigenvalue weighted by Crippen LogP contribution is 2.31. The smallest absolute Gasteiger partial charge is 0.0702 e.